The second-order valence-electron chi connectivity index (χ2n) is 7.91. The van der Waals surface area contributed by atoms with Crippen molar-refractivity contribution in [1.82, 2.24) is 19.6 Å². The van der Waals surface area contributed by atoms with Crippen LogP contribution in [0.5, 0.6) is 0 Å². The summed E-state index contributed by atoms with van der Waals surface area (Å²) < 4.78 is 69.6. The van der Waals surface area contributed by atoms with E-state index >= 15 is 0 Å². The van der Waals surface area contributed by atoms with E-state index in [2.05, 4.69) is 27.0 Å². The van der Waals surface area contributed by atoms with Crippen LogP contribution in [0.15, 0.2) is 42.7 Å². The number of rotatable bonds is 3. The van der Waals surface area contributed by atoms with Gasteiger partial charge in [0.15, 0.2) is 0 Å². The number of alkyl halides is 3. The first-order valence-corrected chi connectivity index (χ1v) is 9.97. The molecule has 0 fully saturated rings. The normalized spacial score (nSPS) is 12.1. The topological polar surface area (TPSA) is 46.3 Å². The molecule has 0 amide bonds. The lowest BCUT2D eigenvalue weighted by Crippen LogP contribution is -2.30. The number of halogens is 5. The van der Waals surface area contributed by atoms with Gasteiger partial charge in [0, 0.05) is 23.2 Å². The highest BCUT2D eigenvalue weighted by atomic mass is 19.4. The molecule has 2 aromatic carbocycles. The van der Waals surface area contributed by atoms with Crippen molar-refractivity contribution in [3.8, 4) is 11.8 Å². The van der Waals surface area contributed by atoms with E-state index in [9.17, 15) is 22.0 Å². The lowest BCUT2D eigenvalue weighted by Gasteiger charge is -2.24. The van der Waals surface area contributed by atoms with Crippen LogP contribution in [0.1, 0.15) is 26.3 Å². The van der Waals surface area contributed by atoms with Gasteiger partial charge in [0.2, 0.25) is 0 Å². The predicted octanol–water partition coefficient (Wildman–Crippen LogP) is 5.65. The Morgan fingerprint density at radius 3 is 2.48 bits per heavy atom. The minimum Gasteiger partial charge on any atom is -0.326 e. The van der Waals surface area contributed by atoms with Crippen LogP contribution >= 0.6 is 0 Å². The van der Waals surface area contributed by atoms with Gasteiger partial charge < -0.3 is 4.90 Å². The molecule has 4 aromatic rings. The monoisotopic (exact) mass is 459 g/mol. The van der Waals surface area contributed by atoms with E-state index in [4.69, 9.17) is 0 Å². The van der Waals surface area contributed by atoms with Gasteiger partial charge in [0.05, 0.1) is 5.52 Å². The van der Waals surface area contributed by atoms with Crippen LogP contribution in [0.25, 0.3) is 16.7 Å². The zero-order chi connectivity index (χ0) is 24.0. The number of anilines is 2. The molecule has 2 aromatic heterocycles. The lowest BCUT2D eigenvalue weighted by molar-refractivity contribution is -0.190. The smallest absolute Gasteiger partial charge is 0.326 e. The molecule has 0 N–H and O–H groups in total. The highest BCUT2D eigenvalue weighted by Gasteiger charge is 2.46. The number of hydrogen-bond acceptors (Lipinski definition) is 4. The summed E-state index contributed by atoms with van der Waals surface area (Å²) in [6.45, 7) is 3.99. The third-order valence-electron chi connectivity index (χ3n) is 5.19. The largest absolute Gasteiger partial charge is 0.404 e. The maximum Gasteiger partial charge on any atom is 0.404 e. The number of benzene rings is 2. The first-order valence-electron chi connectivity index (χ1n) is 9.97. The van der Waals surface area contributed by atoms with Crippen molar-refractivity contribution in [1.29, 1.82) is 0 Å². The maximum absolute atomic E-state index is 14.5. The molecule has 10 heteroatoms. The van der Waals surface area contributed by atoms with Gasteiger partial charge in [0.25, 0.3) is 5.78 Å². The molecule has 2 heterocycles. The van der Waals surface area contributed by atoms with Gasteiger partial charge in [-0.3, -0.25) is 4.40 Å². The molecule has 0 aliphatic carbocycles. The van der Waals surface area contributed by atoms with E-state index in [0.29, 0.717) is 29.0 Å². The van der Waals surface area contributed by atoms with Gasteiger partial charge in [0.1, 0.15) is 29.2 Å². The van der Waals surface area contributed by atoms with Crippen molar-refractivity contribution < 1.29 is 22.0 Å². The van der Waals surface area contributed by atoms with Crippen molar-refractivity contribution in [2.75, 3.05) is 11.4 Å². The van der Waals surface area contributed by atoms with Crippen molar-refractivity contribution in [2.45, 2.75) is 26.9 Å². The molecular weight excluding hydrogens is 441 g/mol. The Bertz CT molecular complexity index is 1410. The zero-order valence-corrected chi connectivity index (χ0v) is 17.9. The average Bonchev–Trinajstić information content (AvgIpc) is 3.20. The summed E-state index contributed by atoms with van der Waals surface area (Å²) in [6.07, 6.45) is -3.09. The second-order valence-corrected chi connectivity index (χ2v) is 7.91. The van der Waals surface area contributed by atoms with Crippen molar-refractivity contribution >= 4 is 28.2 Å². The van der Waals surface area contributed by atoms with Gasteiger partial charge in [-0.1, -0.05) is 11.8 Å². The second kappa shape index (κ2) is 7.99. The number of nitrogens with zero attached hydrogens (tertiary/aromatic N) is 5. The summed E-state index contributed by atoms with van der Waals surface area (Å²) in [6, 6.07) is 7.88. The standard InChI is InChI=1S/C23H18F5N5/c1-4-32(17-10-14(9-16(25)11-17)7-8-22(2,3)23(26,27)28)20-18-12-15(24)5-6-19(18)33-13-29-31-21(33)30-20/h5-6,9-13H,4H2,1-3H3. The molecule has 5 nitrogen and oxygen atoms in total. The third kappa shape index (κ3) is 4.18. The Morgan fingerprint density at radius 2 is 1.79 bits per heavy atom. The van der Waals surface area contributed by atoms with E-state index in [1.807, 2.05) is 0 Å². The number of hydrogen-bond donors (Lipinski definition) is 0. The van der Waals surface area contributed by atoms with Gasteiger partial charge in [-0.05, 0) is 57.2 Å². The zero-order valence-electron chi connectivity index (χ0n) is 17.9. The Labute approximate surface area is 185 Å². The summed E-state index contributed by atoms with van der Waals surface area (Å²) in [7, 11) is 0. The number of aromatic nitrogens is 4. The molecule has 0 radical (unpaired) electrons. The molecule has 0 aliphatic rings. The third-order valence-corrected chi connectivity index (χ3v) is 5.19. The minimum atomic E-state index is -4.54. The molecular formula is C23H18F5N5. The summed E-state index contributed by atoms with van der Waals surface area (Å²) in [5.74, 6) is 3.99. The highest BCUT2D eigenvalue weighted by molar-refractivity contribution is 5.93. The van der Waals surface area contributed by atoms with E-state index < -0.39 is 23.2 Å². The van der Waals surface area contributed by atoms with Crippen LogP contribution in [0.2, 0.25) is 0 Å². The molecule has 170 valence electrons. The Kier molecular flexibility index (Phi) is 5.44. The summed E-state index contributed by atoms with van der Waals surface area (Å²) in [5.41, 5.74) is -1.31. The van der Waals surface area contributed by atoms with E-state index in [-0.39, 0.29) is 11.3 Å². The Balaban J connectivity index is 1.87. The van der Waals surface area contributed by atoms with Crippen LogP contribution in [-0.4, -0.2) is 32.3 Å². The quantitative estimate of drug-likeness (QED) is 0.293. The van der Waals surface area contributed by atoms with Gasteiger partial charge >= 0.3 is 6.18 Å². The molecule has 0 bridgehead atoms. The molecule has 0 aliphatic heterocycles. The van der Waals surface area contributed by atoms with Crippen molar-refractivity contribution in [3.63, 3.8) is 0 Å². The van der Waals surface area contributed by atoms with Gasteiger partial charge in [-0.2, -0.15) is 18.2 Å². The van der Waals surface area contributed by atoms with Crippen molar-refractivity contribution in [3.05, 3.63) is 59.9 Å². The molecule has 33 heavy (non-hydrogen) atoms. The van der Waals surface area contributed by atoms with E-state index in [1.165, 1.54) is 30.6 Å². The van der Waals surface area contributed by atoms with E-state index in [1.54, 1.807) is 22.3 Å². The number of fused-ring (bicyclic) bond motifs is 3. The molecule has 0 spiro atoms. The first kappa shape index (κ1) is 22.5. The van der Waals surface area contributed by atoms with Gasteiger partial charge in [-0.15, -0.1) is 10.2 Å². The molecule has 0 atom stereocenters. The van der Waals surface area contributed by atoms with Crippen LogP contribution in [0.3, 0.4) is 0 Å². The van der Waals surface area contributed by atoms with Crippen LogP contribution < -0.4 is 4.90 Å². The van der Waals surface area contributed by atoms with Crippen LogP contribution in [0, 0.1) is 28.9 Å². The van der Waals surface area contributed by atoms with Crippen LogP contribution in [-0.2, 0) is 0 Å². The fourth-order valence-corrected chi connectivity index (χ4v) is 3.29. The lowest BCUT2D eigenvalue weighted by atomic mass is 9.93. The van der Waals surface area contributed by atoms with Gasteiger partial charge in [-0.25, -0.2) is 8.78 Å². The predicted molar refractivity (Wildman–Crippen MR) is 114 cm³/mol. The van der Waals surface area contributed by atoms with Crippen LogP contribution in [0.4, 0.5) is 33.5 Å². The maximum atomic E-state index is 14.5. The average molecular weight is 459 g/mol. The Morgan fingerprint density at radius 1 is 1.03 bits per heavy atom. The van der Waals surface area contributed by atoms with Crippen molar-refractivity contribution in [2.24, 2.45) is 5.41 Å². The SMILES string of the molecule is CCN(c1cc(F)cc(C#CC(C)(C)C(F)(F)F)c1)c1nc2nncn2c2ccc(F)cc12. The summed E-state index contributed by atoms with van der Waals surface area (Å²) in [5, 5.41) is 8.22. The fourth-order valence-electron chi connectivity index (χ4n) is 3.29. The summed E-state index contributed by atoms with van der Waals surface area (Å²) in [4.78, 5) is 6.08. The molecule has 0 unspecified atom stereocenters. The highest BCUT2D eigenvalue weighted by Crippen LogP contribution is 2.37. The summed E-state index contributed by atoms with van der Waals surface area (Å²) >= 11 is 0. The fraction of sp³-hybridized carbons (Fsp3) is 0.261. The Hall–Kier alpha value is -3.74. The minimum absolute atomic E-state index is 0.0693. The van der Waals surface area contributed by atoms with E-state index in [0.717, 1.165) is 19.9 Å². The first-order chi connectivity index (χ1) is 15.5. The molecule has 0 saturated carbocycles. The molecule has 4 rings (SSSR count). The molecule has 0 saturated heterocycles.